The highest BCUT2D eigenvalue weighted by Crippen LogP contribution is 2.33. The van der Waals surface area contributed by atoms with Crippen LogP contribution in [0.1, 0.15) is 31.4 Å². The highest BCUT2D eigenvalue weighted by molar-refractivity contribution is 5.71. The summed E-state index contributed by atoms with van der Waals surface area (Å²) in [6.45, 7) is 5.82. The van der Waals surface area contributed by atoms with Gasteiger partial charge in [0.1, 0.15) is 11.5 Å². The zero-order valence-electron chi connectivity index (χ0n) is 11.8. The van der Waals surface area contributed by atoms with Crippen molar-refractivity contribution in [3.05, 3.63) is 29.3 Å². The van der Waals surface area contributed by atoms with Gasteiger partial charge in [-0.2, -0.15) is 0 Å². The van der Waals surface area contributed by atoms with Gasteiger partial charge in [0.05, 0.1) is 19.6 Å². The third-order valence-electron chi connectivity index (χ3n) is 2.55. The molecule has 0 heterocycles. The van der Waals surface area contributed by atoms with E-state index in [1.165, 1.54) is 0 Å². The van der Waals surface area contributed by atoms with Crippen molar-refractivity contribution in [2.45, 2.75) is 33.3 Å². The van der Waals surface area contributed by atoms with E-state index in [0.717, 1.165) is 22.6 Å². The lowest BCUT2D eigenvalue weighted by Gasteiger charge is -2.17. The fourth-order valence-corrected chi connectivity index (χ4v) is 1.73. The minimum atomic E-state index is -0.854. The Kier molecular flexibility index (Phi) is 5.42. The van der Waals surface area contributed by atoms with Crippen LogP contribution in [-0.2, 0) is 4.79 Å². The van der Waals surface area contributed by atoms with Gasteiger partial charge in [0.25, 0.3) is 0 Å². The van der Waals surface area contributed by atoms with Gasteiger partial charge in [-0.25, -0.2) is 0 Å². The Morgan fingerprint density at radius 3 is 2.63 bits per heavy atom. The molecule has 0 saturated carbocycles. The van der Waals surface area contributed by atoms with E-state index in [4.69, 9.17) is 14.6 Å². The lowest BCUT2D eigenvalue weighted by Crippen LogP contribution is -2.08. The van der Waals surface area contributed by atoms with Crippen molar-refractivity contribution in [2.75, 3.05) is 7.11 Å². The topological polar surface area (TPSA) is 55.8 Å². The third-order valence-corrected chi connectivity index (χ3v) is 2.55. The quantitative estimate of drug-likeness (QED) is 0.856. The Morgan fingerprint density at radius 2 is 2.11 bits per heavy atom. The summed E-state index contributed by atoms with van der Waals surface area (Å²) >= 11 is 0. The Morgan fingerprint density at radius 1 is 1.42 bits per heavy atom. The number of carboxylic acids is 1. The number of methoxy groups -OCH3 is 1. The molecule has 0 atom stereocenters. The van der Waals surface area contributed by atoms with Crippen LogP contribution in [0.4, 0.5) is 0 Å². The van der Waals surface area contributed by atoms with Crippen molar-refractivity contribution in [2.24, 2.45) is 0 Å². The minimum Gasteiger partial charge on any atom is -0.496 e. The van der Waals surface area contributed by atoms with Crippen LogP contribution < -0.4 is 9.47 Å². The molecule has 104 valence electrons. The second-order valence-corrected chi connectivity index (χ2v) is 4.48. The average Bonchev–Trinajstić information content (AvgIpc) is 2.32. The molecule has 1 aromatic rings. The molecule has 19 heavy (non-hydrogen) atoms. The highest BCUT2D eigenvalue weighted by atomic mass is 16.5. The van der Waals surface area contributed by atoms with Crippen molar-refractivity contribution in [1.29, 1.82) is 0 Å². The predicted molar refractivity (Wildman–Crippen MR) is 74.8 cm³/mol. The van der Waals surface area contributed by atoms with Gasteiger partial charge in [0.2, 0.25) is 0 Å². The largest absolute Gasteiger partial charge is 0.496 e. The van der Waals surface area contributed by atoms with E-state index in [2.05, 4.69) is 0 Å². The molecule has 1 aromatic carbocycles. The van der Waals surface area contributed by atoms with Crippen molar-refractivity contribution in [1.82, 2.24) is 0 Å². The number of benzene rings is 1. The first kappa shape index (κ1) is 15.1. The summed E-state index contributed by atoms with van der Waals surface area (Å²) < 4.78 is 11.1. The van der Waals surface area contributed by atoms with E-state index in [1.54, 1.807) is 19.3 Å². The smallest absolute Gasteiger partial charge is 0.307 e. The van der Waals surface area contributed by atoms with Crippen molar-refractivity contribution in [3.8, 4) is 11.5 Å². The molecule has 0 radical (unpaired) electrons. The standard InChI is InChI=1S/C15H20O4/c1-10(2)19-15-11(3)13(18-4)9-8-12(15)6-5-7-14(16)17/h5-6,8-10H,7H2,1-4H3,(H,16,17)/b6-5+. The molecule has 0 bridgehead atoms. The Hall–Kier alpha value is -1.97. The third kappa shape index (κ3) is 4.32. The number of aliphatic carboxylic acids is 1. The maximum atomic E-state index is 10.5. The monoisotopic (exact) mass is 264 g/mol. The average molecular weight is 264 g/mol. The second-order valence-electron chi connectivity index (χ2n) is 4.48. The number of hydrogen-bond donors (Lipinski definition) is 1. The molecule has 0 aromatic heterocycles. The molecular weight excluding hydrogens is 244 g/mol. The second kappa shape index (κ2) is 6.83. The van der Waals surface area contributed by atoms with Gasteiger partial charge in [-0.3, -0.25) is 4.79 Å². The van der Waals surface area contributed by atoms with E-state index in [1.807, 2.05) is 32.9 Å². The van der Waals surface area contributed by atoms with Gasteiger partial charge in [-0.05, 0) is 32.9 Å². The Labute approximate surface area is 113 Å². The number of rotatable bonds is 6. The molecule has 1 N–H and O–H groups in total. The van der Waals surface area contributed by atoms with Crippen molar-refractivity contribution < 1.29 is 19.4 Å². The van der Waals surface area contributed by atoms with Crippen LogP contribution in [0.3, 0.4) is 0 Å². The summed E-state index contributed by atoms with van der Waals surface area (Å²) in [5.41, 5.74) is 1.77. The van der Waals surface area contributed by atoms with Crippen LogP contribution in [0.5, 0.6) is 11.5 Å². The first-order valence-corrected chi connectivity index (χ1v) is 6.18. The molecule has 0 aliphatic carbocycles. The van der Waals surface area contributed by atoms with Gasteiger partial charge < -0.3 is 14.6 Å². The summed E-state index contributed by atoms with van der Waals surface area (Å²) in [5.74, 6) is 0.634. The van der Waals surface area contributed by atoms with E-state index < -0.39 is 5.97 Å². The molecular formula is C15H20O4. The molecule has 4 heteroatoms. The fraction of sp³-hybridized carbons (Fsp3) is 0.400. The first-order valence-electron chi connectivity index (χ1n) is 6.18. The van der Waals surface area contributed by atoms with Gasteiger partial charge in [-0.15, -0.1) is 0 Å². The molecule has 0 aliphatic rings. The first-order chi connectivity index (χ1) is 8.95. The highest BCUT2D eigenvalue weighted by Gasteiger charge is 2.11. The van der Waals surface area contributed by atoms with E-state index >= 15 is 0 Å². The SMILES string of the molecule is COc1ccc(/C=C/CC(=O)O)c(OC(C)C)c1C. The molecule has 0 amide bonds. The van der Waals surface area contributed by atoms with Crippen LogP contribution in [0, 0.1) is 6.92 Å². The number of ether oxygens (including phenoxy) is 2. The number of carbonyl (C=O) groups is 1. The van der Waals surface area contributed by atoms with Crippen molar-refractivity contribution in [3.63, 3.8) is 0 Å². The summed E-state index contributed by atoms with van der Waals surface area (Å²) in [6.07, 6.45) is 3.40. The van der Waals surface area contributed by atoms with Crippen LogP contribution in [0.25, 0.3) is 6.08 Å². The Bertz CT molecular complexity index is 475. The fourth-order valence-electron chi connectivity index (χ4n) is 1.73. The molecule has 0 saturated heterocycles. The summed E-state index contributed by atoms with van der Waals surface area (Å²) in [7, 11) is 1.61. The summed E-state index contributed by atoms with van der Waals surface area (Å²) in [5, 5.41) is 8.64. The van der Waals surface area contributed by atoms with Crippen LogP contribution in [-0.4, -0.2) is 24.3 Å². The Balaban J connectivity index is 3.11. The van der Waals surface area contributed by atoms with Crippen LogP contribution in [0.15, 0.2) is 18.2 Å². The van der Waals surface area contributed by atoms with Gasteiger partial charge in [0, 0.05) is 11.1 Å². The van der Waals surface area contributed by atoms with E-state index in [9.17, 15) is 4.79 Å². The van der Waals surface area contributed by atoms with Gasteiger partial charge in [-0.1, -0.05) is 12.2 Å². The maximum absolute atomic E-state index is 10.5. The molecule has 1 rings (SSSR count). The number of carboxylic acid groups (broad SMARTS) is 1. The molecule has 0 spiro atoms. The lowest BCUT2D eigenvalue weighted by molar-refractivity contribution is -0.135. The molecule has 0 fully saturated rings. The predicted octanol–water partition coefficient (Wildman–Crippen LogP) is 3.28. The van der Waals surface area contributed by atoms with E-state index in [-0.39, 0.29) is 12.5 Å². The van der Waals surface area contributed by atoms with Gasteiger partial charge >= 0.3 is 5.97 Å². The van der Waals surface area contributed by atoms with Crippen LogP contribution in [0.2, 0.25) is 0 Å². The lowest BCUT2D eigenvalue weighted by atomic mass is 10.1. The number of hydrogen-bond acceptors (Lipinski definition) is 3. The summed E-state index contributed by atoms with van der Waals surface area (Å²) in [6, 6.07) is 3.71. The molecule has 0 aliphatic heterocycles. The van der Waals surface area contributed by atoms with Crippen LogP contribution >= 0.6 is 0 Å². The van der Waals surface area contributed by atoms with Gasteiger partial charge in [0.15, 0.2) is 0 Å². The molecule has 0 unspecified atom stereocenters. The normalized spacial score (nSPS) is 11.0. The van der Waals surface area contributed by atoms with E-state index in [0.29, 0.717) is 0 Å². The summed E-state index contributed by atoms with van der Waals surface area (Å²) in [4.78, 5) is 10.5. The maximum Gasteiger partial charge on any atom is 0.307 e. The van der Waals surface area contributed by atoms with Crippen molar-refractivity contribution >= 4 is 12.0 Å². The molecule has 4 nitrogen and oxygen atoms in total. The zero-order chi connectivity index (χ0) is 14.4. The minimum absolute atomic E-state index is 0.00774. The zero-order valence-corrected chi connectivity index (χ0v) is 11.8.